The second-order valence-electron chi connectivity index (χ2n) is 7.67. The number of fused-ring (bicyclic) bond motifs is 1. The first-order chi connectivity index (χ1) is 13.8. The van der Waals surface area contributed by atoms with Crippen LogP contribution in [0.5, 0.6) is 0 Å². The van der Waals surface area contributed by atoms with E-state index in [-0.39, 0.29) is 17.9 Å². The Balaban J connectivity index is 1.60. The van der Waals surface area contributed by atoms with Gasteiger partial charge in [-0.1, -0.05) is 26.0 Å². The molecule has 0 fully saturated rings. The third-order valence-electron chi connectivity index (χ3n) is 5.24. The smallest absolute Gasteiger partial charge is 0.269 e. The summed E-state index contributed by atoms with van der Waals surface area (Å²) in [6.45, 7) is 8.03. The number of hydrogen-bond donors (Lipinski definition) is 3. The van der Waals surface area contributed by atoms with Gasteiger partial charge in [-0.15, -0.1) is 0 Å². The lowest BCUT2D eigenvalue weighted by molar-refractivity contribution is 0.0918. The van der Waals surface area contributed by atoms with Crippen LogP contribution in [0, 0.1) is 19.8 Å². The lowest BCUT2D eigenvalue weighted by Gasteiger charge is -2.19. The van der Waals surface area contributed by atoms with Crippen molar-refractivity contribution in [2.24, 2.45) is 13.0 Å². The Labute approximate surface area is 168 Å². The highest BCUT2D eigenvalue weighted by Crippen LogP contribution is 2.26. The quantitative estimate of drug-likeness (QED) is 0.485. The summed E-state index contributed by atoms with van der Waals surface area (Å²) in [5, 5.41) is 14.7. The molecule has 8 heteroatoms. The Morgan fingerprint density at radius 1 is 1.21 bits per heavy atom. The number of H-pyrrole nitrogens is 2. The van der Waals surface area contributed by atoms with E-state index in [1.807, 2.05) is 49.8 Å². The van der Waals surface area contributed by atoms with Gasteiger partial charge in [-0.3, -0.25) is 14.6 Å². The predicted molar refractivity (Wildman–Crippen MR) is 111 cm³/mol. The normalized spacial score (nSPS) is 12.6. The number of para-hydroxylation sites is 2. The van der Waals surface area contributed by atoms with Gasteiger partial charge in [-0.2, -0.15) is 10.2 Å². The Hall–Kier alpha value is -3.42. The third-order valence-corrected chi connectivity index (χ3v) is 5.24. The molecule has 1 amide bonds. The Kier molecular flexibility index (Phi) is 4.70. The zero-order valence-electron chi connectivity index (χ0n) is 17.2. The number of aromatic amines is 2. The molecule has 0 spiro atoms. The van der Waals surface area contributed by atoms with Gasteiger partial charge in [0.2, 0.25) is 0 Å². The highest BCUT2D eigenvalue weighted by Gasteiger charge is 2.24. The monoisotopic (exact) mass is 391 g/mol. The first-order valence-corrected chi connectivity index (χ1v) is 9.66. The van der Waals surface area contributed by atoms with Crippen molar-refractivity contribution in [3.8, 4) is 11.3 Å². The Bertz CT molecular complexity index is 1150. The number of benzene rings is 1. The van der Waals surface area contributed by atoms with Crippen molar-refractivity contribution >= 4 is 16.9 Å². The molecule has 3 heterocycles. The number of aryl methyl sites for hydroxylation is 2. The van der Waals surface area contributed by atoms with Gasteiger partial charge in [0.05, 0.1) is 28.5 Å². The number of hydrogen-bond acceptors (Lipinski definition) is 4. The van der Waals surface area contributed by atoms with Gasteiger partial charge in [0.25, 0.3) is 5.91 Å². The summed E-state index contributed by atoms with van der Waals surface area (Å²) >= 11 is 0. The van der Waals surface area contributed by atoms with E-state index < -0.39 is 0 Å². The summed E-state index contributed by atoms with van der Waals surface area (Å²) in [7, 11) is 1.90. The van der Waals surface area contributed by atoms with E-state index in [0.29, 0.717) is 11.4 Å². The van der Waals surface area contributed by atoms with Crippen LogP contribution >= 0.6 is 0 Å². The van der Waals surface area contributed by atoms with Gasteiger partial charge in [0, 0.05) is 18.3 Å². The van der Waals surface area contributed by atoms with E-state index in [0.717, 1.165) is 33.8 Å². The molecule has 0 aliphatic rings. The van der Waals surface area contributed by atoms with Crippen molar-refractivity contribution in [1.29, 1.82) is 0 Å². The van der Waals surface area contributed by atoms with Crippen molar-refractivity contribution in [3.63, 3.8) is 0 Å². The van der Waals surface area contributed by atoms with Gasteiger partial charge in [-0.05, 0) is 38.0 Å². The van der Waals surface area contributed by atoms with Gasteiger partial charge in [0.15, 0.2) is 0 Å². The molecule has 1 atom stereocenters. The molecule has 0 saturated heterocycles. The van der Waals surface area contributed by atoms with Gasteiger partial charge < -0.3 is 10.3 Å². The van der Waals surface area contributed by atoms with Crippen molar-refractivity contribution in [1.82, 2.24) is 35.3 Å². The maximum absolute atomic E-state index is 12.9. The molecule has 0 aliphatic carbocycles. The molecule has 4 rings (SSSR count). The zero-order chi connectivity index (χ0) is 20.7. The second-order valence-corrected chi connectivity index (χ2v) is 7.67. The van der Waals surface area contributed by atoms with E-state index in [1.54, 1.807) is 6.07 Å². The summed E-state index contributed by atoms with van der Waals surface area (Å²) < 4.78 is 1.81. The number of nitrogens with one attached hydrogen (secondary N) is 3. The van der Waals surface area contributed by atoms with Gasteiger partial charge in [0.1, 0.15) is 11.5 Å². The largest absolute Gasteiger partial charge is 0.341 e. The average Bonchev–Trinajstić information content (AvgIpc) is 3.37. The minimum Gasteiger partial charge on any atom is -0.341 e. The highest BCUT2D eigenvalue weighted by molar-refractivity contribution is 5.93. The maximum Gasteiger partial charge on any atom is 0.269 e. The summed E-state index contributed by atoms with van der Waals surface area (Å²) in [5.74, 6) is 0.681. The summed E-state index contributed by atoms with van der Waals surface area (Å²) in [6.07, 6.45) is 0. The molecule has 1 aromatic carbocycles. The fourth-order valence-electron chi connectivity index (χ4n) is 3.60. The van der Waals surface area contributed by atoms with Crippen LogP contribution in [0.25, 0.3) is 22.3 Å². The van der Waals surface area contributed by atoms with E-state index in [1.165, 1.54) is 0 Å². The lowest BCUT2D eigenvalue weighted by atomic mass is 10.0. The molecule has 8 nitrogen and oxygen atoms in total. The number of carbonyl (C=O) groups excluding carboxylic acids is 1. The summed E-state index contributed by atoms with van der Waals surface area (Å²) in [6, 6.07) is 9.36. The van der Waals surface area contributed by atoms with Gasteiger partial charge in [-0.25, -0.2) is 4.98 Å². The molecule has 0 unspecified atom stereocenters. The molecule has 0 aliphatic heterocycles. The maximum atomic E-state index is 12.9. The molecule has 0 saturated carbocycles. The highest BCUT2D eigenvalue weighted by atomic mass is 16.2. The minimum absolute atomic E-state index is 0.157. The van der Waals surface area contributed by atoms with E-state index >= 15 is 0 Å². The lowest BCUT2D eigenvalue weighted by Crippen LogP contribution is -2.32. The first-order valence-electron chi connectivity index (χ1n) is 9.66. The zero-order valence-corrected chi connectivity index (χ0v) is 17.2. The first kappa shape index (κ1) is 18.9. The van der Waals surface area contributed by atoms with Crippen molar-refractivity contribution in [2.45, 2.75) is 33.7 Å². The fraction of sp³-hybridized carbons (Fsp3) is 0.333. The number of imidazole rings is 1. The van der Waals surface area contributed by atoms with E-state index in [2.05, 4.69) is 44.4 Å². The number of rotatable bonds is 5. The SMILES string of the molecule is Cc1nn(C)c(C)c1-c1cc(C(=O)N[C@H](c2nc3ccccc3[nH]2)C(C)C)[nH]n1. The molecular formula is C21H25N7O. The van der Waals surface area contributed by atoms with Gasteiger partial charge >= 0.3 is 0 Å². The topological polar surface area (TPSA) is 104 Å². The summed E-state index contributed by atoms with van der Waals surface area (Å²) in [4.78, 5) is 20.9. The molecule has 4 aromatic rings. The Morgan fingerprint density at radius 2 is 1.97 bits per heavy atom. The molecule has 0 radical (unpaired) electrons. The number of nitrogens with zero attached hydrogens (tertiary/aromatic N) is 4. The molecular weight excluding hydrogens is 366 g/mol. The number of carbonyl (C=O) groups is 1. The van der Waals surface area contributed by atoms with E-state index in [4.69, 9.17) is 0 Å². The van der Waals surface area contributed by atoms with Crippen LogP contribution in [-0.4, -0.2) is 35.9 Å². The molecule has 29 heavy (non-hydrogen) atoms. The number of aromatic nitrogens is 6. The van der Waals surface area contributed by atoms with Crippen LogP contribution < -0.4 is 5.32 Å². The van der Waals surface area contributed by atoms with Crippen LogP contribution in [-0.2, 0) is 7.05 Å². The average molecular weight is 391 g/mol. The predicted octanol–water partition coefficient (Wildman–Crippen LogP) is 3.43. The molecule has 3 N–H and O–H groups in total. The standard InChI is InChI=1S/C21H25N7O/c1-11(2)19(20-22-14-8-6-7-9-15(14)23-20)24-21(29)17-10-16(25-26-17)18-12(3)27-28(5)13(18)4/h6-11,19H,1-5H3,(H,22,23)(H,24,29)(H,25,26)/t19-/m0/s1. The van der Waals surface area contributed by atoms with Crippen molar-refractivity contribution in [3.05, 3.63) is 53.2 Å². The Morgan fingerprint density at radius 3 is 2.62 bits per heavy atom. The van der Waals surface area contributed by atoms with E-state index in [9.17, 15) is 4.79 Å². The van der Waals surface area contributed by atoms with Crippen LogP contribution in [0.15, 0.2) is 30.3 Å². The fourth-order valence-corrected chi connectivity index (χ4v) is 3.60. The van der Waals surface area contributed by atoms with Crippen LogP contribution in [0.4, 0.5) is 0 Å². The van der Waals surface area contributed by atoms with Crippen molar-refractivity contribution in [2.75, 3.05) is 0 Å². The third kappa shape index (κ3) is 3.41. The van der Waals surface area contributed by atoms with Crippen LogP contribution in [0.3, 0.4) is 0 Å². The number of amides is 1. The second kappa shape index (κ2) is 7.20. The van der Waals surface area contributed by atoms with Crippen molar-refractivity contribution < 1.29 is 4.79 Å². The molecule has 0 bridgehead atoms. The van der Waals surface area contributed by atoms with Crippen LogP contribution in [0.2, 0.25) is 0 Å². The molecule has 3 aromatic heterocycles. The van der Waals surface area contributed by atoms with Crippen LogP contribution in [0.1, 0.15) is 47.6 Å². The summed E-state index contributed by atoms with van der Waals surface area (Å²) in [5.41, 5.74) is 5.78. The molecule has 150 valence electrons. The minimum atomic E-state index is -0.247.